The lowest BCUT2D eigenvalue weighted by molar-refractivity contribution is -0.150. The minimum atomic E-state index is -0.560. The minimum absolute atomic E-state index is 0.00456. The van der Waals surface area contributed by atoms with Crippen molar-refractivity contribution in [3.63, 3.8) is 0 Å². The molecular weight excluding hydrogens is 344 g/mol. The van der Waals surface area contributed by atoms with Gasteiger partial charge >= 0.3 is 5.97 Å². The summed E-state index contributed by atoms with van der Waals surface area (Å²) in [4.78, 5) is 33.5. The number of nitrogens with one attached hydrogen (secondary N) is 1. The van der Waals surface area contributed by atoms with Gasteiger partial charge in [0.25, 0.3) is 5.56 Å². The first-order valence-electron chi connectivity index (χ1n) is 7.80. The molecule has 0 bridgehead atoms. The predicted octanol–water partition coefficient (Wildman–Crippen LogP) is 3.97. The predicted molar refractivity (Wildman–Crippen MR) is 95.3 cm³/mol. The van der Waals surface area contributed by atoms with E-state index in [0.717, 1.165) is 16.9 Å². The molecule has 0 amide bonds. The number of hydrogen-bond donors (Lipinski definition) is 1. The fourth-order valence-corrected chi connectivity index (χ4v) is 4.51. The van der Waals surface area contributed by atoms with Gasteiger partial charge in [0, 0.05) is 15.8 Å². The minimum Gasteiger partial charge on any atom is -0.454 e. The van der Waals surface area contributed by atoms with Crippen molar-refractivity contribution in [2.45, 2.75) is 26.4 Å². The quantitative estimate of drug-likeness (QED) is 0.715. The second-order valence-electron chi connectivity index (χ2n) is 6.16. The van der Waals surface area contributed by atoms with E-state index in [1.165, 1.54) is 11.3 Å². The van der Waals surface area contributed by atoms with E-state index in [1.807, 2.05) is 29.8 Å². The third kappa shape index (κ3) is 2.67. The molecule has 124 valence electrons. The Hall–Kier alpha value is -1.99. The van der Waals surface area contributed by atoms with Gasteiger partial charge in [-0.05, 0) is 30.7 Å². The third-order valence-electron chi connectivity index (χ3n) is 4.34. The van der Waals surface area contributed by atoms with Gasteiger partial charge in [0.15, 0.2) is 11.9 Å². The van der Waals surface area contributed by atoms with Crippen molar-refractivity contribution in [3.8, 4) is 10.4 Å². The van der Waals surface area contributed by atoms with Crippen molar-refractivity contribution in [2.24, 2.45) is 11.8 Å². The first-order valence-corrected chi connectivity index (χ1v) is 9.56. The molecule has 1 aliphatic carbocycles. The number of carbonyl (C=O) groups excluding carboxylic acids is 1. The number of nitrogens with zero attached hydrogens (tertiary/aromatic N) is 1. The summed E-state index contributed by atoms with van der Waals surface area (Å²) in [5.74, 6) is 0.580. The molecule has 7 heteroatoms. The van der Waals surface area contributed by atoms with Crippen LogP contribution in [0.25, 0.3) is 20.7 Å². The normalized spacial score (nSPS) is 20.9. The fraction of sp³-hybridized carbons (Fsp3) is 0.353. The van der Waals surface area contributed by atoms with E-state index < -0.39 is 6.10 Å². The molecule has 1 fully saturated rings. The summed E-state index contributed by atoms with van der Waals surface area (Å²) < 4.78 is 5.45. The highest BCUT2D eigenvalue weighted by molar-refractivity contribution is 7.18. The smallest absolute Gasteiger partial charge is 0.309 e. The number of thiophene rings is 2. The molecule has 0 spiro atoms. The second kappa shape index (κ2) is 5.82. The topological polar surface area (TPSA) is 72.0 Å². The van der Waals surface area contributed by atoms with Gasteiger partial charge in [0.1, 0.15) is 4.83 Å². The Labute approximate surface area is 146 Å². The highest BCUT2D eigenvalue weighted by atomic mass is 32.1. The number of ether oxygens (including phenoxy) is 1. The number of H-pyrrole nitrogens is 1. The second-order valence-corrected chi connectivity index (χ2v) is 7.96. The highest BCUT2D eigenvalue weighted by Gasteiger charge is 2.41. The Morgan fingerprint density at radius 3 is 2.92 bits per heavy atom. The third-order valence-corrected chi connectivity index (χ3v) is 6.11. The average Bonchev–Trinajstić information content (AvgIpc) is 2.95. The summed E-state index contributed by atoms with van der Waals surface area (Å²) in [6, 6.07) is 3.95. The van der Waals surface area contributed by atoms with Crippen molar-refractivity contribution in [1.29, 1.82) is 0 Å². The first-order chi connectivity index (χ1) is 11.5. The van der Waals surface area contributed by atoms with Crippen LogP contribution >= 0.6 is 22.7 Å². The van der Waals surface area contributed by atoms with Gasteiger partial charge in [0.05, 0.1) is 11.3 Å². The maximum Gasteiger partial charge on any atom is 0.309 e. The lowest BCUT2D eigenvalue weighted by Gasteiger charge is -2.12. The molecular formula is C17H16N2O3S2. The first kappa shape index (κ1) is 15.5. The number of hydrogen-bond acceptors (Lipinski definition) is 6. The van der Waals surface area contributed by atoms with Gasteiger partial charge in [-0.3, -0.25) is 9.59 Å². The number of fused-ring (bicyclic) bond motifs is 1. The van der Waals surface area contributed by atoms with Crippen LogP contribution in [0.5, 0.6) is 0 Å². The lowest BCUT2D eigenvalue weighted by atomic mass is 10.2. The van der Waals surface area contributed by atoms with E-state index in [9.17, 15) is 9.59 Å². The molecule has 0 unspecified atom stereocenters. The Morgan fingerprint density at radius 2 is 2.25 bits per heavy atom. The van der Waals surface area contributed by atoms with Crippen LogP contribution in [-0.4, -0.2) is 15.9 Å². The summed E-state index contributed by atoms with van der Waals surface area (Å²) in [6.07, 6.45) is 0.318. The van der Waals surface area contributed by atoms with Crippen LogP contribution < -0.4 is 5.56 Å². The molecule has 4 rings (SSSR count). The van der Waals surface area contributed by atoms with E-state index >= 15 is 0 Å². The van der Waals surface area contributed by atoms with Crippen LogP contribution in [0.3, 0.4) is 0 Å². The molecule has 1 N–H and O–H groups in total. The SMILES string of the molecule is C[C@H](OC(=O)[C@H]1C[C@@H]1C)c1nc2scc(-c3cccs3)c2c(=O)[nH]1. The maximum absolute atomic E-state index is 12.5. The van der Waals surface area contributed by atoms with Crippen molar-refractivity contribution >= 4 is 38.9 Å². The van der Waals surface area contributed by atoms with E-state index in [4.69, 9.17) is 4.74 Å². The van der Waals surface area contributed by atoms with Crippen LogP contribution in [-0.2, 0) is 9.53 Å². The van der Waals surface area contributed by atoms with Gasteiger partial charge in [-0.25, -0.2) is 4.98 Å². The number of carbonyl (C=O) groups is 1. The van der Waals surface area contributed by atoms with E-state index in [2.05, 4.69) is 9.97 Å². The zero-order chi connectivity index (χ0) is 16.8. The standard InChI is InChI=1S/C17H16N2O3S2/c1-8-6-10(8)17(21)22-9(2)14-18-15(20)13-11(7-24-16(13)19-14)12-4-3-5-23-12/h3-5,7-10H,6H2,1-2H3,(H,18,19,20)/t8-,9-,10-/m0/s1. The zero-order valence-corrected chi connectivity index (χ0v) is 14.9. The zero-order valence-electron chi connectivity index (χ0n) is 13.2. The van der Waals surface area contributed by atoms with Crippen molar-refractivity contribution in [1.82, 2.24) is 9.97 Å². The van der Waals surface area contributed by atoms with E-state index in [1.54, 1.807) is 18.3 Å². The van der Waals surface area contributed by atoms with Crippen molar-refractivity contribution in [2.75, 3.05) is 0 Å². The number of aromatic amines is 1. The Balaban J connectivity index is 1.66. The molecule has 5 nitrogen and oxygen atoms in total. The largest absolute Gasteiger partial charge is 0.454 e. The highest BCUT2D eigenvalue weighted by Crippen LogP contribution is 2.39. The Kier molecular flexibility index (Phi) is 3.77. The molecule has 0 radical (unpaired) electrons. The fourth-order valence-electron chi connectivity index (χ4n) is 2.74. The van der Waals surface area contributed by atoms with Crippen molar-refractivity contribution < 1.29 is 9.53 Å². The molecule has 3 aromatic rings. The van der Waals surface area contributed by atoms with Gasteiger partial charge in [0.2, 0.25) is 0 Å². The van der Waals surface area contributed by atoms with Crippen LogP contribution in [0.1, 0.15) is 32.2 Å². The lowest BCUT2D eigenvalue weighted by Crippen LogP contribution is -2.18. The van der Waals surface area contributed by atoms with Gasteiger partial charge in [-0.2, -0.15) is 0 Å². The van der Waals surface area contributed by atoms with E-state index in [-0.39, 0.29) is 17.4 Å². The van der Waals surface area contributed by atoms with Crippen LogP contribution in [0, 0.1) is 11.8 Å². The molecule has 0 aliphatic heterocycles. The summed E-state index contributed by atoms with van der Waals surface area (Å²) >= 11 is 3.02. The van der Waals surface area contributed by atoms with E-state index in [0.29, 0.717) is 22.0 Å². The molecule has 3 heterocycles. The molecule has 1 saturated carbocycles. The monoisotopic (exact) mass is 360 g/mol. The Bertz CT molecular complexity index is 958. The number of aromatic nitrogens is 2. The maximum atomic E-state index is 12.5. The molecule has 0 saturated heterocycles. The van der Waals surface area contributed by atoms with Crippen molar-refractivity contribution in [3.05, 3.63) is 39.1 Å². The molecule has 1 aliphatic rings. The summed E-state index contributed by atoms with van der Waals surface area (Å²) in [6.45, 7) is 3.77. The molecule has 3 atom stereocenters. The summed E-state index contributed by atoms with van der Waals surface area (Å²) in [5, 5.41) is 4.53. The summed E-state index contributed by atoms with van der Waals surface area (Å²) in [5.41, 5.74) is 0.712. The molecule has 24 heavy (non-hydrogen) atoms. The van der Waals surface area contributed by atoms with Crippen LogP contribution in [0.2, 0.25) is 0 Å². The summed E-state index contributed by atoms with van der Waals surface area (Å²) in [7, 11) is 0. The van der Waals surface area contributed by atoms with Crippen LogP contribution in [0.4, 0.5) is 0 Å². The van der Waals surface area contributed by atoms with Crippen LogP contribution in [0.15, 0.2) is 27.7 Å². The average molecular weight is 360 g/mol. The van der Waals surface area contributed by atoms with Gasteiger partial charge in [-0.15, -0.1) is 22.7 Å². The van der Waals surface area contributed by atoms with Gasteiger partial charge in [-0.1, -0.05) is 13.0 Å². The van der Waals surface area contributed by atoms with Gasteiger partial charge < -0.3 is 9.72 Å². The Morgan fingerprint density at radius 1 is 1.46 bits per heavy atom. The molecule has 0 aromatic carbocycles. The number of rotatable bonds is 4. The molecule has 3 aromatic heterocycles. The number of esters is 1.